The van der Waals surface area contributed by atoms with Crippen LogP contribution in [0.25, 0.3) is 0 Å². The van der Waals surface area contributed by atoms with Gasteiger partial charge in [-0.1, -0.05) is 36.3 Å². The van der Waals surface area contributed by atoms with E-state index in [2.05, 4.69) is 5.92 Å². The standard InChI is InChI=1S/C25H19NO4S2/c1-2-19-8-6-9-20(16-19)26(17-22-10-7-15-31-22)25(27)24-14-13-21(30-24)18-32(28,29)23-11-4-3-5-12-23/h1,3-16H,17-18H2. The number of terminal acetylenes is 1. The summed E-state index contributed by atoms with van der Waals surface area (Å²) in [6, 6.07) is 22.2. The number of furan rings is 1. The SMILES string of the molecule is C#Cc1cccc(N(Cc2cccs2)C(=O)c2ccc(CS(=O)(=O)c3ccccc3)o2)c1. The van der Waals surface area contributed by atoms with Gasteiger partial charge in [-0.15, -0.1) is 17.8 Å². The molecule has 0 N–H and O–H groups in total. The van der Waals surface area contributed by atoms with E-state index in [4.69, 9.17) is 10.8 Å². The Bertz CT molecular complexity index is 1360. The van der Waals surface area contributed by atoms with Crippen molar-refractivity contribution >= 4 is 32.8 Å². The Balaban J connectivity index is 1.62. The van der Waals surface area contributed by atoms with E-state index in [0.29, 0.717) is 17.8 Å². The average molecular weight is 462 g/mol. The highest BCUT2D eigenvalue weighted by molar-refractivity contribution is 7.90. The van der Waals surface area contributed by atoms with Gasteiger partial charge in [0.05, 0.1) is 11.4 Å². The van der Waals surface area contributed by atoms with Gasteiger partial charge in [-0.3, -0.25) is 4.79 Å². The minimum atomic E-state index is -3.59. The molecule has 160 valence electrons. The van der Waals surface area contributed by atoms with Gasteiger partial charge >= 0.3 is 0 Å². The van der Waals surface area contributed by atoms with Crippen LogP contribution >= 0.6 is 11.3 Å². The van der Waals surface area contributed by atoms with E-state index < -0.39 is 9.84 Å². The first-order valence-corrected chi connectivity index (χ1v) is 12.3. The number of carbonyl (C=O) groups excluding carboxylic acids is 1. The van der Waals surface area contributed by atoms with E-state index in [-0.39, 0.29) is 28.1 Å². The number of amides is 1. The number of rotatable bonds is 7. The van der Waals surface area contributed by atoms with Crippen molar-refractivity contribution in [1.82, 2.24) is 0 Å². The summed E-state index contributed by atoms with van der Waals surface area (Å²) in [6.07, 6.45) is 5.53. The zero-order chi connectivity index (χ0) is 22.6. The molecule has 2 heterocycles. The van der Waals surface area contributed by atoms with Crippen LogP contribution in [0.2, 0.25) is 0 Å². The van der Waals surface area contributed by atoms with Gasteiger partial charge < -0.3 is 9.32 Å². The Morgan fingerprint density at radius 1 is 1.00 bits per heavy atom. The second-order valence-corrected chi connectivity index (χ2v) is 10.0. The number of benzene rings is 2. The van der Waals surface area contributed by atoms with Crippen LogP contribution in [-0.4, -0.2) is 14.3 Å². The molecule has 0 spiro atoms. The Hall–Kier alpha value is -3.60. The van der Waals surface area contributed by atoms with Crippen LogP contribution in [-0.2, 0) is 22.1 Å². The molecule has 1 amide bonds. The number of nitrogens with zero attached hydrogens (tertiary/aromatic N) is 1. The number of anilines is 1. The molecule has 0 fully saturated rings. The molecule has 0 aliphatic heterocycles. The summed E-state index contributed by atoms with van der Waals surface area (Å²) in [5.41, 5.74) is 1.29. The van der Waals surface area contributed by atoms with Crippen molar-refractivity contribution in [2.75, 3.05) is 4.90 Å². The van der Waals surface area contributed by atoms with Crippen LogP contribution in [0.5, 0.6) is 0 Å². The van der Waals surface area contributed by atoms with Gasteiger partial charge in [0, 0.05) is 16.1 Å². The van der Waals surface area contributed by atoms with Gasteiger partial charge in [0.25, 0.3) is 5.91 Å². The van der Waals surface area contributed by atoms with E-state index in [1.54, 1.807) is 47.4 Å². The third-order valence-corrected chi connectivity index (χ3v) is 7.29. The van der Waals surface area contributed by atoms with Gasteiger partial charge in [0.1, 0.15) is 11.5 Å². The van der Waals surface area contributed by atoms with Crippen LogP contribution in [0.3, 0.4) is 0 Å². The van der Waals surface area contributed by atoms with Gasteiger partial charge in [0.2, 0.25) is 0 Å². The van der Waals surface area contributed by atoms with Gasteiger partial charge in [-0.05, 0) is 53.9 Å². The fourth-order valence-corrected chi connectivity index (χ4v) is 5.17. The summed E-state index contributed by atoms with van der Waals surface area (Å²) < 4.78 is 31.0. The summed E-state index contributed by atoms with van der Waals surface area (Å²) in [7, 11) is -3.59. The number of hydrogen-bond acceptors (Lipinski definition) is 5. The number of hydrogen-bond donors (Lipinski definition) is 0. The monoisotopic (exact) mass is 461 g/mol. The number of thiophene rings is 1. The predicted octanol–water partition coefficient (Wildman–Crippen LogP) is 5.14. The largest absolute Gasteiger partial charge is 0.455 e. The highest BCUT2D eigenvalue weighted by Crippen LogP contribution is 2.25. The summed E-state index contributed by atoms with van der Waals surface area (Å²) in [4.78, 5) is 16.1. The molecular weight excluding hydrogens is 442 g/mol. The first kappa shape index (κ1) is 21.6. The van der Waals surface area contributed by atoms with Crippen molar-refractivity contribution in [2.24, 2.45) is 0 Å². The van der Waals surface area contributed by atoms with Crippen molar-refractivity contribution in [1.29, 1.82) is 0 Å². The van der Waals surface area contributed by atoms with E-state index in [1.165, 1.54) is 35.6 Å². The summed E-state index contributed by atoms with van der Waals surface area (Å²) in [5, 5.41) is 1.94. The number of sulfone groups is 1. The molecule has 4 aromatic rings. The van der Waals surface area contributed by atoms with E-state index >= 15 is 0 Å². The number of carbonyl (C=O) groups is 1. The minimum Gasteiger partial charge on any atom is -0.455 e. The maximum absolute atomic E-state index is 13.4. The second-order valence-electron chi connectivity index (χ2n) is 7.00. The lowest BCUT2D eigenvalue weighted by atomic mass is 10.2. The fraction of sp³-hybridized carbons (Fsp3) is 0.0800. The first-order chi connectivity index (χ1) is 15.5. The lowest BCUT2D eigenvalue weighted by Gasteiger charge is -2.21. The second kappa shape index (κ2) is 9.27. The normalized spacial score (nSPS) is 11.1. The van der Waals surface area contributed by atoms with Crippen LogP contribution in [0.4, 0.5) is 5.69 Å². The molecule has 2 aromatic heterocycles. The quantitative estimate of drug-likeness (QED) is 0.357. The minimum absolute atomic E-state index is 0.0610. The third-order valence-electron chi connectivity index (χ3n) is 4.77. The van der Waals surface area contributed by atoms with Crippen molar-refractivity contribution in [3.05, 3.63) is 106 Å². The third kappa shape index (κ3) is 4.83. The predicted molar refractivity (Wildman–Crippen MR) is 125 cm³/mol. The van der Waals surface area contributed by atoms with Crippen LogP contribution in [0.15, 0.2) is 93.6 Å². The summed E-state index contributed by atoms with van der Waals surface area (Å²) in [6.45, 7) is 0.336. The smallest absolute Gasteiger partial charge is 0.294 e. The highest BCUT2D eigenvalue weighted by atomic mass is 32.2. The maximum Gasteiger partial charge on any atom is 0.294 e. The zero-order valence-corrected chi connectivity index (χ0v) is 18.6. The van der Waals surface area contributed by atoms with Crippen molar-refractivity contribution in [2.45, 2.75) is 17.2 Å². The molecule has 0 saturated heterocycles. The summed E-state index contributed by atoms with van der Waals surface area (Å²) >= 11 is 1.54. The van der Waals surface area contributed by atoms with Crippen LogP contribution in [0.1, 0.15) is 26.8 Å². The average Bonchev–Trinajstić information content (AvgIpc) is 3.49. The summed E-state index contributed by atoms with van der Waals surface area (Å²) in [5.74, 6) is 2.13. The molecule has 0 atom stereocenters. The van der Waals surface area contributed by atoms with Crippen LogP contribution in [0, 0.1) is 12.3 Å². The molecule has 5 nitrogen and oxygen atoms in total. The fourth-order valence-electron chi connectivity index (χ4n) is 3.20. The molecule has 0 radical (unpaired) electrons. The molecule has 2 aromatic carbocycles. The van der Waals surface area contributed by atoms with E-state index in [9.17, 15) is 13.2 Å². The van der Waals surface area contributed by atoms with Crippen molar-refractivity contribution < 1.29 is 17.6 Å². The zero-order valence-electron chi connectivity index (χ0n) is 17.0. The molecule has 4 rings (SSSR count). The molecular formula is C25H19NO4S2. The van der Waals surface area contributed by atoms with Crippen molar-refractivity contribution in [3.63, 3.8) is 0 Å². The Morgan fingerprint density at radius 3 is 2.53 bits per heavy atom. The topological polar surface area (TPSA) is 67.6 Å². The Kier molecular flexibility index (Phi) is 6.26. The highest BCUT2D eigenvalue weighted by Gasteiger charge is 2.24. The van der Waals surface area contributed by atoms with Gasteiger partial charge in [0.15, 0.2) is 15.6 Å². The van der Waals surface area contributed by atoms with E-state index in [0.717, 1.165) is 4.88 Å². The lowest BCUT2D eigenvalue weighted by Crippen LogP contribution is -2.29. The molecule has 0 unspecified atom stereocenters. The lowest BCUT2D eigenvalue weighted by molar-refractivity contribution is 0.0957. The maximum atomic E-state index is 13.4. The first-order valence-electron chi connectivity index (χ1n) is 9.74. The molecule has 0 bridgehead atoms. The molecule has 0 aliphatic carbocycles. The molecule has 7 heteroatoms. The Morgan fingerprint density at radius 2 is 1.81 bits per heavy atom. The van der Waals surface area contributed by atoms with Gasteiger partial charge in [-0.25, -0.2) is 8.42 Å². The molecule has 0 saturated carbocycles. The van der Waals surface area contributed by atoms with E-state index in [1.807, 2.05) is 17.5 Å². The molecule has 0 aliphatic rings. The Labute approximate surface area is 190 Å². The van der Waals surface area contributed by atoms with Gasteiger partial charge in [-0.2, -0.15) is 0 Å². The van der Waals surface area contributed by atoms with Crippen molar-refractivity contribution in [3.8, 4) is 12.3 Å². The van der Waals surface area contributed by atoms with Crippen LogP contribution < -0.4 is 4.90 Å². The molecule has 32 heavy (non-hydrogen) atoms.